The number of hydrogen-bond donors (Lipinski definition) is 2. The van der Waals surface area contributed by atoms with Crippen LogP contribution in [0.15, 0.2) is 0 Å². The van der Waals surface area contributed by atoms with Crippen molar-refractivity contribution in [2.24, 2.45) is 0 Å². The van der Waals surface area contributed by atoms with Gasteiger partial charge in [-0.15, -0.1) is 0 Å². The summed E-state index contributed by atoms with van der Waals surface area (Å²) in [6, 6.07) is 0. The van der Waals surface area contributed by atoms with Crippen molar-refractivity contribution in [1.29, 1.82) is 0 Å². The van der Waals surface area contributed by atoms with E-state index in [4.69, 9.17) is 38.6 Å². The van der Waals surface area contributed by atoms with Gasteiger partial charge in [0.25, 0.3) is 0 Å². The molecule has 0 saturated carbocycles. The Bertz CT molecular complexity index is 214. The summed E-state index contributed by atoms with van der Waals surface area (Å²) in [5, 5.41) is 16.3. The standard InChI is InChI=1S/C11H24O4.2C5H12O2.12CH4.Rf/c1-3-5-12-7-9-14-11-15-10-8-13-6-4-2;2*1-2-4-7-5-3-6;;;;;;;;;;;;;/h3-11H2,1-2H3;2*6H,2-5H2,1H3;12*1H4;. The first kappa shape index (κ1) is 105. The number of rotatable bonds is 20. The summed E-state index contributed by atoms with van der Waals surface area (Å²) in [5.74, 6) is 0. The first-order chi connectivity index (χ1) is 14.2. The molecule has 0 aromatic carbocycles. The minimum atomic E-state index is 0. The van der Waals surface area contributed by atoms with Crippen LogP contribution in [0.1, 0.15) is 142 Å². The van der Waals surface area contributed by atoms with Crippen molar-refractivity contribution in [2.45, 2.75) is 142 Å². The summed E-state index contributed by atoms with van der Waals surface area (Å²) in [4.78, 5) is 0. The molecule has 0 heterocycles. The average molecular weight is 888 g/mol. The normalized spacial score (nSPS) is 7.00. The first-order valence-corrected chi connectivity index (χ1v) is 10.9. The molecule has 2 N–H and O–H groups in total. The molecule has 42 heavy (non-hydrogen) atoms. The molecule has 0 aliphatic heterocycles. The van der Waals surface area contributed by atoms with Gasteiger partial charge in [0.2, 0.25) is 0 Å². The van der Waals surface area contributed by atoms with Gasteiger partial charge in [-0.2, -0.15) is 0 Å². The third-order valence-corrected chi connectivity index (χ3v) is 2.78. The summed E-state index contributed by atoms with van der Waals surface area (Å²) in [6.45, 7) is 15.4. The molecule has 0 atom stereocenters. The number of aliphatic hydroxyl groups is 2. The van der Waals surface area contributed by atoms with Crippen molar-refractivity contribution in [3.63, 3.8) is 0 Å². The van der Waals surface area contributed by atoms with Crippen LogP contribution in [0.3, 0.4) is 0 Å². The molecule has 0 aromatic heterocycles. The van der Waals surface area contributed by atoms with Gasteiger partial charge in [0, 0.05) is 26.4 Å². The van der Waals surface area contributed by atoms with Crippen molar-refractivity contribution < 1.29 is 38.6 Å². The Morgan fingerprint density at radius 3 is 0.690 bits per heavy atom. The molecule has 0 radical (unpaired) electrons. The van der Waals surface area contributed by atoms with E-state index in [9.17, 15) is 0 Å². The van der Waals surface area contributed by atoms with Crippen molar-refractivity contribution >= 4 is 0 Å². The van der Waals surface area contributed by atoms with Crippen LogP contribution < -0.4 is 0 Å². The summed E-state index contributed by atoms with van der Waals surface area (Å²) in [7, 11) is 0. The molecule has 0 aliphatic carbocycles. The molecular formula is C33H96O8Rf. The van der Waals surface area contributed by atoms with Gasteiger partial charge in [0.15, 0.2) is 0 Å². The van der Waals surface area contributed by atoms with E-state index in [1.54, 1.807) is 0 Å². The summed E-state index contributed by atoms with van der Waals surface area (Å²) in [6.07, 6.45) is 4.15. The predicted molar refractivity (Wildman–Crippen MR) is 196 cm³/mol. The van der Waals surface area contributed by atoms with Crippen molar-refractivity contribution in [3.05, 3.63) is 0 Å². The van der Waals surface area contributed by atoms with Crippen LogP contribution in [0, 0.1) is 0 Å². The molecule has 0 fully saturated rings. The second kappa shape index (κ2) is 126. The maximum absolute atomic E-state index is 8.17. The van der Waals surface area contributed by atoms with E-state index < -0.39 is 0 Å². The van der Waals surface area contributed by atoms with Crippen LogP contribution in [0.5, 0.6) is 0 Å². The van der Waals surface area contributed by atoms with E-state index >= 15 is 0 Å². The average Bonchev–Trinajstić information content (AvgIpc) is 2.74. The quantitative estimate of drug-likeness (QED) is 0.0922. The molecule has 0 saturated heterocycles. The summed E-state index contributed by atoms with van der Waals surface area (Å²) < 4.78 is 30.6. The predicted octanol–water partition coefficient (Wildman–Crippen LogP) is 10.3. The van der Waals surface area contributed by atoms with Gasteiger partial charge in [-0.25, -0.2) is 0 Å². The Labute approximate surface area is 267 Å². The smallest absolute Gasteiger partial charge is 0.146 e. The molecule has 0 unspecified atom stereocenters. The van der Waals surface area contributed by atoms with Crippen molar-refractivity contribution in [2.75, 3.05) is 86.1 Å². The number of ether oxygens (including phenoxy) is 6. The molecule has 0 spiro atoms. The van der Waals surface area contributed by atoms with E-state index in [1.165, 1.54) is 0 Å². The maximum Gasteiger partial charge on any atom is 0.146 e. The largest absolute Gasteiger partial charge is 0.394 e. The molecule has 0 aromatic rings. The zero-order valence-corrected chi connectivity index (χ0v) is 26.5. The first-order valence-electron chi connectivity index (χ1n) is 10.9. The van der Waals surface area contributed by atoms with Crippen LogP contribution >= 0.6 is 0 Å². The van der Waals surface area contributed by atoms with E-state index in [0.29, 0.717) is 46.4 Å². The van der Waals surface area contributed by atoms with Gasteiger partial charge >= 0.3 is 0 Å². The van der Waals surface area contributed by atoms with Crippen LogP contribution in [-0.2, 0) is 28.4 Å². The second-order valence-corrected chi connectivity index (χ2v) is 5.83. The van der Waals surface area contributed by atoms with E-state index in [0.717, 1.165) is 52.1 Å². The van der Waals surface area contributed by atoms with E-state index in [2.05, 4.69) is 13.8 Å². The third-order valence-electron chi connectivity index (χ3n) is 2.78. The van der Waals surface area contributed by atoms with Crippen molar-refractivity contribution in [1.82, 2.24) is 0 Å². The van der Waals surface area contributed by atoms with Crippen LogP contribution in [0.25, 0.3) is 0 Å². The molecule has 0 amide bonds. The van der Waals surface area contributed by atoms with Gasteiger partial charge in [-0.1, -0.05) is 117 Å². The Balaban J connectivity index is -0.0000000160. The van der Waals surface area contributed by atoms with Gasteiger partial charge in [0.05, 0.1) is 52.9 Å². The summed E-state index contributed by atoms with van der Waals surface area (Å²) >= 11 is 0. The monoisotopic (exact) mass is 888 g/mol. The Morgan fingerprint density at radius 1 is 0.310 bits per heavy atom. The molecule has 8 nitrogen and oxygen atoms in total. The minimum Gasteiger partial charge on any atom is -0.394 e. The maximum atomic E-state index is 8.17. The van der Waals surface area contributed by atoms with E-state index in [1.807, 2.05) is 13.8 Å². The van der Waals surface area contributed by atoms with Crippen molar-refractivity contribution in [3.8, 4) is 0 Å². The molecule has 0 bridgehead atoms. The number of hydrogen-bond acceptors (Lipinski definition) is 8. The fourth-order valence-corrected chi connectivity index (χ4v) is 1.53. The Hall–Kier alpha value is -1.32. The fourth-order valence-electron chi connectivity index (χ4n) is 1.53. The van der Waals surface area contributed by atoms with Crippen LogP contribution in [0.4, 0.5) is 0 Å². The summed E-state index contributed by atoms with van der Waals surface area (Å²) in [5.41, 5.74) is 0. The SMILES string of the molecule is C.C.C.C.C.C.C.C.C.C.C.C.CCCOCCO.CCCOCCO.CCCOCCOCOCCOCCC.[Rf]. The minimum absolute atomic E-state index is 0. The molecule has 0 aliphatic rings. The van der Waals surface area contributed by atoms with E-state index in [-0.39, 0.29) is 102 Å². The molecular weight excluding hydrogens is 791 g/mol. The third kappa shape index (κ3) is 157. The molecule has 278 valence electrons. The number of aliphatic hydroxyl groups excluding tert-OH is 2. The molecule has 0 rings (SSSR count). The van der Waals surface area contributed by atoms with Gasteiger partial charge in [-0.05, 0) is 25.7 Å². The Morgan fingerprint density at radius 2 is 0.500 bits per heavy atom. The second-order valence-electron chi connectivity index (χ2n) is 5.83. The van der Waals surface area contributed by atoms with Gasteiger partial charge in [0.1, 0.15) is 6.79 Å². The zero-order valence-electron chi connectivity index (χ0n) is 20.1. The van der Waals surface area contributed by atoms with Crippen LogP contribution in [0.2, 0.25) is 0 Å². The van der Waals surface area contributed by atoms with Gasteiger partial charge < -0.3 is 38.6 Å². The topological polar surface area (TPSA) is 95.8 Å². The molecule has 9 heteroatoms. The van der Waals surface area contributed by atoms with Crippen LogP contribution in [-0.4, -0.2) is 96.3 Å². The zero-order chi connectivity index (χ0) is 22.3. The fraction of sp³-hybridized carbons (Fsp3) is 1.00. The Kier molecular flexibility index (Phi) is 316. The van der Waals surface area contributed by atoms with Gasteiger partial charge in [-0.3, -0.25) is 0 Å².